The second kappa shape index (κ2) is 6.21. The van der Waals surface area contributed by atoms with E-state index in [1.54, 1.807) is 30.3 Å². The normalized spacial score (nSPS) is 13.4. The summed E-state index contributed by atoms with van der Waals surface area (Å²) in [5.74, 6) is 0. The van der Waals surface area contributed by atoms with E-state index in [9.17, 15) is 13.2 Å². The minimum Gasteiger partial charge on any atom is -0.305 e. The average molecular weight is 285 g/mol. The Kier molecular flexibility index (Phi) is 4.61. The van der Waals surface area contributed by atoms with E-state index in [0.29, 0.717) is 12.1 Å². The van der Waals surface area contributed by atoms with E-state index >= 15 is 0 Å². The van der Waals surface area contributed by atoms with Crippen LogP contribution in [0.5, 0.6) is 0 Å². The Labute approximate surface area is 114 Å². The monoisotopic (exact) mass is 285 g/mol. The number of nitrogens with one attached hydrogen (secondary N) is 1. The second-order valence-electron chi connectivity index (χ2n) is 4.24. The molecule has 1 N–H and O–H groups in total. The van der Waals surface area contributed by atoms with Crippen LogP contribution in [0.25, 0.3) is 0 Å². The second-order valence-corrected chi connectivity index (χ2v) is 5.28. The number of halogens is 3. The van der Waals surface area contributed by atoms with Crippen molar-refractivity contribution in [3.8, 4) is 0 Å². The predicted octanol–water partition coefficient (Wildman–Crippen LogP) is 4.53. The lowest BCUT2D eigenvalue weighted by molar-refractivity contribution is -0.140. The molecule has 102 valence electrons. The molecule has 0 spiro atoms. The van der Waals surface area contributed by atoms with Crippen molar-refractivity contribution in [2.45, 2.75) is 25.2 Å². The fraction of sp³-hybridized carbons (Fsp3) is 0.286. The maximum absolute atomic E-state index is 12.6. The topological polar surface area (TPSA) is 12.0 Å². The van der Waals surface area contributed by atoms with Crippen molar-refractivity contribution >= 4 is 11.3 Å². The fourth-order valence-corrected chi connectivity index (χ4v) is 2.52. The zero-order chi connectivity index (χ0) is 13.7. The highest BCUT2D eigenvalue weighted by molar-refractivity contribution is 7.09. The first-order valence-corrected chi connectivity index (χ1v) is 6.80. The summed E-state index contributed by atoms with van der Waals surface area (Å²) >= 11 is 1.53. The smallest absolute Gasteiger partial charge is 0.305 e. The van der Waals surface area contributed by atoms with Crippen LogP contribution in [0.2, 0.25) is 0 Å². The van der Waals surface area contributed by atoms with E-state index in [1.165, 1.54) is 11.3 Å². The molecule has 1 aromatic heterocycles. The Morgan fingerprint density at radius 1 is 1.05 bits per heavy atom. The lowest BCUT2D eigenvalue weighted by atomic mass is 10.0. The number of benzene rings is 1. The van der Waals surface area contributed by atoms with Crippen LogP contribution in [0.15, 0.2) is 47.8 Å². The fourth-order valence-electron chi connectivity index (χ4n) is 1.86. The minimum atomic E-state index is -4.18. The van der Waals surface area contributed by atoms with Gasteiger partial charge in [-0.05, 0) is 17.0 Å². The molecule has 5 heteroatoms. The maximum Gasteiger partial charge on any atom is 0.390 e. The molecule has 1 aromatic carbocycles. The molecule has 19 heavy (non-hydrogen) atoms. The summed E-state index contributed by atoms with van der Waals surface area (Å²) in [6.45, 7) is 0.452. The maximum atomic E-state index is 12.6. The van der Waals surface area contributed by atoms with E-state index in [-0.39, 0.29) is 0 Å². The Morgan fingerprint density at radius 3 is 2.37 bits per heavy atom. The molecule has 0 fully saturated rings. The van der Waals surface area contributed by atoms with Crippen LogP contribution in [0.4, 0.5) is 13.2 Å². The Morgan fingerprint density at radius 2 is 1.79 bits per heavy atom. The quantitative estimate of drug-likeness (QED) is 0.851. The molecule has 1 unspecified atom stereocenters. The molecule has 0 aliphatic rings. The van der Waals surface area contributed by atoms with Gasteiger partial charge in [-0.15, -0.1) is 11.3 Å². The van der Waals surface area contributed by atoms with E-state index in [4.69, 9.17) is 0 Å². The van der Waals surface area contributed by atoms with Crippen molar-refractivity contribution in [1.29, 1.82) is 0 Å². The Balaban J connectivity index is 2.06. The summed E-state index contributed by atoms with van der Waals surface area (Å²) in [6, 6.07) is 11.8. The first-order chi connectivity index (χ1) is 9.04. The van der Waals surface area contributed by atoms with Crippen molar-refractivity contribution in [3.63, 3.8) is 0 Å². The van der Waals surface area contributed by atoms with Gasteiger partial charge >= 0.3 is 6.18 Å². The SMILES string of the molecule is FC(F)(F)CC(NCc1cccs1)c1ccccc1. The Hall–Kier alpha value is -1.33. The molecule has 0 aliphatic carbocycles. The number of hydrogen-bond acceptors (Lipinski definition) is 2. The summed E-state index contributed by atoms with van der Waals surface area (Å²) in [7, 11) is 0. The predicted molar refractivity (Wildman–Crippen MR) is 71.0 cm³/mol. The number of alkyl halides is 3. The molecule has 0 bridgehead atoms. The highest BCUT2D eigenvalue weighted by atomic mass is 32.1. The van der Waals surface area contributed by atoms with Crippen molar-refractivity contribution in [1.82, 2.24) is 5.32 Å². The van der Waals surface area contributed by atoms with Crippen LogP contribution in [0.3, 0.4) is 0 Å². The van der Waals surface area contributed by atoms with Crippen LogP contribution in [-0.4, -0.2) is 6.18 Å². The number of thiophene rings is 1. The van der Waals surface area contributed by atoms with Crippen molar-refractivity contribution < 1.29 is 13.2 Å². The van der Waals surface area contributed by atoms with E-state index < -0.39 is 18.6 Å². The van der Waals surface area contributed by atoms with E-state index in [0.717, 1.165) is 4.88 Å². The van der Waals surface area contributed by atoms with Crippen molar-refractivity contribution in [3.05, 3.63) is 58.3 Å². The lowest BCUT2D eigenvalue weighted by Gasteiger charge is -2.20. The summed E-state index contributed by atoms with van der Waals surface area (Å²) < 4.78 is 37.9. The molecular formula is C14H14F3NS. The highest BCUT2D eigenvalue weighted by Crippen LogP contribution is 2.29. The molecule has 1 heterocycles. The summed E-state index contributed by atoms with van der Waals surface area (Å²) in [5.41, 5.74) is 0.663. The van der Waals surface area contributed by atoms with Gasteiger partial charge in [0.1, 0.15) is 0 Å². The molecule has 1 atom stereocenters. The number of rotatable bonds is 5. The van der Waals surface area contributed by atoms with E-state index in [2.05, 4.69) is 5.32 Å². The molecular weight excluding hydrogens is 271 g/mol. The zero-order valence-corrected chi connectivity index (χ0v) is 11.0. The minimum absolute atomic E-state index is 0.452. The highest BCUT2D eigenvalue weighted by Gasteiger charge is 2.32. The Bertz CT molecular complexity index is 479. The van der Waals surface area contributed by atoms with Crippen molar-refractivity contribution in [2.24, 2.45) is 0 Å². The number of hydrogen-bond donors (Lipinski definition) is 1. The van der Waals surface area contributed by atoms with Gasteiger partial charge in [0.15, 0.2) is 0 Å². The summed E-state index contributed by atoms with van der Waals surface area (Å²) in [4.78, 5) is 1.03. The van der Waals surface area contributed by atoms with Crippen molar-refractivity contribution in [2.75, 3.05) is 0 Å². The first-order valence-electron chi connectivity index (χ1n) is 5.92. The van der Waals surface area contributed by atoms with E-state index in [1.807, 2.05) is 17.5 Å². The van der Waals surface area contributed by atoms with Gasteiger partial charge in [-0.25, -0.2) is 0 Å². The summed E-state index contributed by atoms with van der Waals surface area (Å²) in [6.07, 6.45) is -5.04. The average Bonchev–Trinajstić information content (AvgIpc) is 2.87. The summed E-state index contributed by atoms with van der Waals surface area (Å²) in [5, 5.41) is 4.90. The van der Waals surface area contributed by atoms with Gasteiger partial charge in [-0.3, -0.25) is 0 Å². The molecule has 0 saturated carbocycles. The zero-order valence-electron chi connectivity index (χ0n) is 10.2. The van der Waals surface area contributed by atoms with Gasteiger partial charge in [0, 0.05) is 17.5 Å². The van der Waals surface area contributed by atoms with Gasteiger partial charge in [0.05, 0.1) is 6.42 Å². The van der Waals surface area contributed by atoms with Gasteiger partial charge in [-0.2, -0.15) is 13.2 Å². The third kappa shape index (κ3) is 4.69. The molecule has 1 nitrogen and oxygen atoms in total. The van der Waals surface area contributed by atoms with Crippen LogP contribution >= 0.6 is 11.3 Å². The van der Waals surface area contributed by atoms with Gasteiger partial charge < -0.3 is 5.32 Å². The molecule has 0 saturated heterocycles. The molecule has 0 radical (unpaired) electrons. The van der Waals surface area contributed by atoms with Crippen LogP contribution in [0, 0.1) is 0 Å². The molecule has 0 amide bonds. The molecule has 2 rings (SSSR count). The van der Waals surface area contributed by atoms with Gasteiger partial charge in [0.2, 0.25) is 0 Å². The van der Waals surface area contributed by atoms with Crippen LogP contribution in [-0.2, 0) is 6.54 Å². The standard InChI is InChI=1S/C14H14F3NS/c15-14(16,17)9-13(11-5-2-1-3-6-11)18-10-12-7-4-8-19-12/h1-8,13,18H,9-10H2. The molecule has 0 aliphatic heterocycles. The van der Waals surface area contributed by atoms with Crippen LogP contribution < -0.4 is 5.32 Å². The third-order valence-electron chi connectivity index (χ3n) is 2.74. The first kappa shape index (κ1) is 14.1. The van der Waals surface area contributed by atoms with Crippen LogP contribution in [0.1, 0.15) is 22.9 Å². The van der Waals surface area contributed by atoms with Gasteiger partial charge in [0.25, 0.3) is 0 Å². The third-order valence-corrected chi connectivity index (χ3v) is 3.62. The lowest BCUT2D eigenvalue weighted by Crippen LogP contribution is -2.26. The molecule has 2 aromatic rings. The largest absolute Gasteiger partial charge is 0.390 e. The van der Waals surface area contributed by atoms with Gasteiger partial charge in [-0.1, -0.05) is 36.4 Å².